The van der Waals surface area contributed by atoms with Crippen molar-refractivity contribution in [3.63, 3.8) is 0 Å². The molecule has 29 nitrogen and oxygen atoms in total. The van der Waals surface area contributed by atoms with E-state index in [1.54, 1.807) is 93.6 Å². The van der Waals surface area contributed by atoms with Gasteiger partial charge in [0, 0.05) is 161 Å². The molecule has 17 rings (SSSR count). The number of methoxy groups -OCH3 is 1. The van der Waals surface area contributed by atoms with Crippen molar-refractivity contribution in [1.82, 2.24) is 101 Å². The van der Waals surface area contributed by atoms with Gasteiger partial charge in [-0.2, -0.15) is 15.3 Å². The molecule has 6 aliphatic rings. The third kappa shape index (κ3) is 27.9. The van der Waals surface area contributed by atoms with Crippen LogP contribution in [0.25, 0.3) is 67.2 Å². The van der Waals surface area contributed by atoms with Crippen LogP contribution in [0.1, 0.15) is 213 Å². The number of hydrogen-bond acceptors (Lipinski definition) is 26. The number of nitrogens with zero attached hydrogens (tertiary/aromatic N) is 15. The zero-order chi connectivity index (χ0) is 90.0. The number of aromatic nitrogens is 16. The van der Waals surface area contributed by atoms with Gasteiger partial charge in [-0.1, -0.05) is 18.2 Å². The second kappa shape index (κ2) is 41.3. The predicted octanol–water partition coefficient (Wildman–Crippen LogP) is 19.8. The number of aromatic hydroxyl groups is 2. The van der Waals surface area contributed by atoms with E-state index in [2.05, 4.69) is 256 Å². The SMILES string of the molecule is Brc1cnc(Br)cn1.CC1(C)CC(Oc2cnc(-c3ccc(-c4cn[nH]c4)cc3O)cn2)CC(C)(C)N1.CC1(C)CC(Oc2cnc(-c3ccc(-c4cnn(C5CCCCO5)c4)cc3O)cn2)CC(C)(C)N1.CC1(C)CC(Oc2cnc(Br)cn2)CC(C)(C)N1.COc1cc(-c2cnn(C3CCCCO3)c2)ccc1-c1cnc(OC2CC(C)(C)NC(C)(C)C2)cn1.Cl. The van der Waals surface area contributed by atoms with Crippen LogP contribution >= 0.6 is 60.2 Å². The Morgan fingerprint density at radius 2 is 0.677 bits per heavy atom. The van der Waals surface area contributed by atoms with Crippen LogP contribution in [0.3, 0.4) is 0 Å². The first-order valence-electron chi connectivity index (χ1n) is 43.2. The summed E-state index contributed by atoms with van der Waals surface area (Å²) in [4.78, 5) is 43.2. The van der Waals surface area contributed by atoms with Crippen molar-refractivity contribution in [2.24, 2.45) is 0 Å². The molecule has 7 N–H and O–H groups in total. The third-order valence-electron chi connectivity index (χ3n) is 22.5. The van der Waals surface area contributed by atoms with Crippen LogP contribution in [0.2, 0.25) is 0 Å². The van der Waals surface area contributed by atoms with Crippen molar-refractivity contribution in [1.29, 1.82) is 0 Å². The minimum absolute atomic E-state index is 0. The fourth-order valence-corrected chi connectivity index (χ4v) is 19.3. The maximum Gasteiger partial charge on any atom is 0.232 e. The summed E-state index contributed by atoms with van der Waals surface area (Å²) in [6.07, 6.45) is 42.0. The van der Waals surface area contributed by atoms with Gasteiger partial charge in [0.15, 0.2) is 0 Å². The summed E-state index contributed by atoms with van der Waals surface area (Å²) in [6.45, 7) is 36.8. The van der Waals surface area contributed by atoms with E-state index in [0.717, 1.165) is 161 Å². The number of H-pyrrole nitrogens is 1. The van der Waals surface area contributed by atoms with Crippen LogP contribution in [-0.4, -0.2) is 179 Å². The van der Waals surface area contributed by atoms with E-state index < -0.39 is 0 Å². The van der Waals surface area contributed by atoms with Crippen LogP contribution in [0.15, 0.2) is 168 Å². The summed E-state index contributed by atoms with van der Waals surface area (Å²) in [5, 5.41) is 51.6. The molecule has 6 aliphatic heterocycles. The average molecular weight is 1950 g/mol. The summed E-state index contributed by atoms with van der Waals surface area (Å²) in [5.74, 6) is 3.17. The van der Waals surface area contributed by atoms with Crippen LogP contribution < -0.4 is 45.0 Å². The number of phenols is 2. The molecule has 3 aromatic carbocycles. The zero-order valence-electron chi connectivity index (χ0n) is 75.7. The molecule has 8 aromatic heterocycles. The minimum Gasteiger partial charge on any atom is -0.507 e. The lowest BCUT2D eigenvalue weighted by Gasteiger charge is -2.46. The van der Waals surface area contributed by atoms with Crippen molar-refractivity contribution in [2.45, 2.75) is 282 Å². The standard InChI is InChI=1S/C28H37N5O3.C27H35N5O3.C22H27N5O2.C13H20BrN3O.C4H2Br2N2.ClH/c1-27(2)13-21(14-28(3,4)32-27)36-25-17-29-23(16-30-25)22-10-9-19(12-24(22)34-5)20-15-31-33(18-20)26-8-6-7-11-35-26;1-26(2)12-20(13-27(3,4)31-26)35-24-16-28-22(15-29-24)21-9-8-18(11-23(21)33)19-14-30-32(17-19)25-7-5-6-10-34-25;1-21(2)8-16(9-22(3,4)27-21)29-20-13-23-18(12-24-20)17-6-5-14(7-19(17)28)15-10-25-26-11-15;1-12(2)5-9(6-13(3,4)17-12)18-11-8-15-10(14)7-16-11;5-3-1-7-4(6)2-8-3;/h9-10,12,15-18,21,26,32H,6-8,11,13-14H2,1-5H3;8-9,11,14-17,20,25,31,33H,5-7,10,12-13H2,1-4H3;5-7,10-13,16,27-28H,8-9H2,1-4H3,(H,25,26);7-9,17H,5-6H2,1-4H3;1-2H;1H. The first kappa shape index (κ1) is 96.9. The van der Waals surface area contributed by atoms with Gasteiger partial charge in [0.05, 0.1) is 105 Å². The zero-order valence-corrected chi connectivity index (χ0v) is 81.3. The van der Waals surface area contributed by atoms with E-state index in [1.165, 1.54) is 6.42 Å². The minimum atomic E-state index is -0.0107. The number of aromatic amines is 1. The second-order valence-electron chi connectivity index (χ2n) is 38.6. The number of hydrogen-bond donors (Lipinski definition) is 7. The van der Waals surface area contributed by atoms with Gasteiger partial charge in [-0.25, -0.2) is 59.2 Å². The van der Waals surface area contributed by atoms with E-state index in [-0.39, 0.29) is 105 Å². The molecule has 680 valence electrons. The molecular weight excluding hydrogens is 1830 g/mol. The summed E-state index contributed by atoms with van der Waals surface area (Å²) in [7, 11) is 1.67. The van der Waals surface area contributed by atoms with Gasteiger partial charge in [-0.3, -0.25) is 5.10 Å². The van der Waals surface area contributed by atoms with Gasteiger partial charge in [-0.05, 0) is 250 Å². The highest BCUT2D eigenvalue weighted by molar-refractivity contribution is 9.11. The molecule has 2 atom stereocenters. The number of nitrogens with one attached hydrogen (secondary N) is 5. The van der Waals surface area contributed by atoms with Gasteiger partial charge in [0.2, 0.25) is 23.5 Å². The van der Waals surface area contributed by atoms with Gasteiger partial charge in [0.25, 0.3) is 0 Å². The van der Waals surface area contributed by atoms with Crippen molar-refractivity contribution >= 4 is 60.2 Å². The normalized spacial score (nSPS) is 20.3. The Morgan fingerprint density at radius 3 is 0.969 bits per heavy atom. The van der Waals surface area contributed by atoms with E-state index >= 15 is 0 Å². The monoisotopic (exact) mass is 1950 g/mol. The van der Waals surface area contributed by atoms with Gasteiger partial charge < -0.3 is 64.6 Å². The average Bonchev–Trinajstić information content (AvgIpc) is 1.80. The predicted molar refractivity (Wildman–Crippen MR) is 504 cm³/mol. The van der Waals surface area contributed by atoms with Crippen molar-refractivity contribution < 1.29 is 43.4 Å². The smallest absolute Gasteiger partial charge is 0.232 e. The molecule has 33 heteroatoms. The first-order valence-corrected chi connectivity index (χ1v) is 45.6. The number of rotatable bonds is 17. The molecule has 6 saturated heterocycles. The summed E-state index contributed by atoms with van der Waals surface area (Å²) in [5.41, 5.74) is 9.89. The number of halogens is 4. The molecule has 127 heavy (non-hydrogen) atoms. The van der Waals surface area contributed by atoms with Crippen molar-refractivity contribution in [2.75, 3.05) is 20.3 Å². The highest BCUT2D eigenvalue weighted by Gasteiger charge is 2.43. The first-order chi connectivity index (χ1) is 59.6. The molecule has 0 bridgehead atoms. The van der Waals surface area contributed by atoms with Crippen molar-refractivity contribution in [3.05, 3.63) is 168 Å². The topological polar surface area (TPSA) is 346 Å². The van der Waals surface area contributed by atoms with Gasteiger partial charge >= 0.3 is 0 Å². The highest BCUT2D eigenvalue weighted by atomic mass is 79.9. The Balaban J connectivity index is 0.000000152. The summed E-state index contributed by atoms with van der Waals surface area (Å²) >= 11 is 9.57. The Bertz CT molecular complexity index is 5280. The quantitative estimate of drug-likeness (QED) is 0.0445. The van der Waals surface area contributed by atoms with Crippen LogP contribution in [-0.2, 0) is 9.47 Å². The van der Waals surface area contributed by atoms with Crippen LogP contribution in [0, 0.1) is 0 Å². The fraction of sp³-hybridized carbons (Fsp3) is 0.500. The molecule has 14 heterocycles. The lowest BCUT2D eigenvalue weighted by atomic mass is 9.81. The maximum atomic E-state index is 10.7. The van der Waals surface area contributed by atoms with E-state index in [0.29, 0.717) is 46.0 Å². The molecule has 11 aromatic rings. The lowest BCUT2D eigenvalue weighted by molar-refractivity contribution is -0.0395. The van der Waals surface area contributed by atoms with E-state index in [9.17, 15) is 10.2 Å². The van der Waals surface area contributed by atoms with Gasteiger partial charge in [0.1, 0.15) is 67.9 Å². The molecule has 0 aliphatic carbocycles. The summed E-state index contributed by atoms with van der Waals surface area (Å²) in [6, 6.07) is 17.1. The highest BCUT2D eigenvalue weighted by Crippen LogP contribution is 2.41. The molecule has 2 unspecified atom stereocenters. The molecule has 0 saturated carbocycles. The molecule has 0 amide bonds. The third-order valence-corrected chi connectivity index (χ3v) is 23.7. The molecule has 6 fully saturated rings. The van der Waals surface area contributed by atoms with E-state index in [4.69, 9.17) is 33.2 Å². The molecule has 0 spiro atoms. The van der Waals surface area contributed by atoms with Crippen molar-refractivity contribution in [3.8, 4) is 108 Å². The Hall–Kier alpha value is -9.22. The largest absolute Gasteiger partial charge is 0.507 e. The Labute approximate surface area is 776 Å². The van der Waals surface area contributed by atoms with Crippen LogP contribution in [0.5, 0.6) is 40.8 Å². The van der Waals surface area contributed by atoms with Crippen LogP contribution in [0.4, 0.5) is 0 Å². The molecule has 0 radical (unpaired) electrons. The molecular formula is C94H122Br3ClN20O9. The number of piperidine rings is 4. The number of ether oxygens (including phenoxy) is 7. The lowest BCUT2D eigenvalue weighted by Crippen LogP contribution is -2.60. The number of benzene rings is 3. The number of phenolic OH excluding ortho intramolecular Hbond substituents is 2. The Kier molecular flexibility index (Phi) is 31.5. The van der Waals surface area contributed by atoms with Gasteiger partial charge in [-0.15, -0.1) is 12.4 Å². The maximum absolute atomic E-state index is 10.7. The van der Waals surface area contributed by atoms with E-state index in [1.807, 2.05) is 70.5 Å². The Morgan fingerprint density at radius 1 is 0.362 bits per heavy atom. The second-order valence-corrected chi connectivity index (χ2v) is 41.1. The summed E-state index contributed by atoms with van der Waals surface area (Å²) < 4.78 is 47.9. The fourth-order valence-electron chi connectivity index (χ4n) is 18.6.